The Hall–Kier alpha value is -3.23. The molecule has 3 aromatic rings. The van der Waals surface area contributed by atoms with E-state index >= 15 is 0 Å². The Labute approximate surface area is 180 Å². The van der Waals surface area contributed by atoms with Crippen LogP contribution in [0.4, 0.5) is 10.1 Å². The van der Waals surface area contributed by atoms with Gasteiger partial charge in [-0.1, -0.05) is 5.16 Å². The Morgan fingerprint density at radius 2 is 2.23 bits per heavy atom. The molecular weight excluding hydrogens is 399 g/mol. The van der Waals surface area contributed by atoms with Crippen molar-refractivity contribution in [2.75, 3.05) is 24.5 Å². The number of halogens is 1. The Bertz CT molecular complexity index is 1050. The van der Waals surface area contributed by atoms with Crippen molar-refractivity contribution in [3.05, 3.63) is 48.1 Å². The van der Waals surface area contributed by atoms with E-state index in [1.807, 2.05) is 18.0 Å². The summed E-state index contributed by atoms with van der Waals surface area (Å²) < 4.78 is 22.0. The molecule has 1 aliphatic heterocycles. The van der Waals surface area contributed by atoms with Gasteiger partial charge in [0, 0.05) is 44.1 Å². The molecule has 3 heterocycles. The predicted octanol–water partition coefficient (Wildman–Crippen LogP) is 3.11. The van der Waals surface area contributed by atoms with Crippen LogP contribution in [0.5, 0.6) is 0 Å². The van der Waals surface area contributed by atoms with Crippen LogP contribution >= 0.6 is 0 Å². The first-order valence-electron chi connectivity index (χ1n) is 10.6. The SMILES string of the molecule is Cc1noc(-c2ccc(N3CCCC(C(=O)NCCCn4ccnc4C)C3)c(F)c2)n1. The summed E-state index contributed by atoms with van der Waals surface area (Å²) in [5.41, 5.74) is 1.04. The van der Waals surface area contributed by atoms with Gasteiger partial charge >= 0.3 is 0 Å². The van der Waals surface area contributed by atoms with Crippen LogP contribution in [0.15, 0.2) is 35.1 Å². The Balaban J connectivity index is 1.32. The minimum absolute atomic E-state index is 0.0328. The predicted molar refractivity (Wildman–Crippen MR) is 114 cm³/mol. The molecule has 2 aromatic heterocycles. The van der Waals surface area contributed by atoms with E-state index < -0.39 is 0 Å². The first-order valence-corrected chi connectivity index (χ1v) is 10.6. The van der Waals surface area contributed by atoms with Crippen molar-refractivity contribution in [1.82, 2.24) is 25.0 Å². The molecule has 31 heavy (non-hydrogen) atoms. The monoisotopic (exact) mass is 426 g/mol. The summed E-state index contributed by atoms with van der Waals surface area (Å²) in [7, 11) is 0. The number of benzene rings is 1. The maximum Gasteiger partial charge on any atom is 0.258 e. The maximum absolute atomic E-state index is 14.8. The van der Waals surface area contributed by atoms with Crippen molar-refractivity contribution < 1.29 is 13.7 Å². The molecule has 1 aliphatic rings. The molecule has 0 saturated carbocycles. The van der Waals surface area contributed by atoms with Gasteiger partial charge in [-0.2, -0.15) is 4.98 Å². The molecule has 1 saturated heterocycles. The number of imidazole rings is 1. The summed E-state index contributed by atoms with van der Waals surface area (Å²) >= 11 is 0. The highest BCUT2D eigenvalue weighted by Gasteiger charge is 2.27. The Kier molecular flexibility index (Phi) is 6.29. The van der Waals surface area contributed by atoms with Crippen molar-refractivity contribution in [1.29, 1.82) is 0 Å². The van der Waals surface area contributed by atoms with Crippen molar-refractivity contribution in [2.45, 2.75) is 39.7 Å². The summed E-state index contributed by atoms with van der Waals surface area (Å²) in [6.07, 6.45) is 6.21. The normalized spacial score (nSPS) is 16.5. The number of nitrogens with zero attached hydrogens (tertiary/aromatic N) is 5. The molecule has 164 valence electrons. The van der Waals surface area contributed by atoms with Gasteiger partial charge in [0.2, 0.25) is 5.91 Å². The van der Waals surface area contributed by atoms with Gasteiger partial charge in [0.05, 0.1) is 11.6 Å². The molecule has 9 heteroatoms. The lowest BCUT2D eigenvalue weighted by Gasteiger charge is -2.34. The molecule has 0 aliphatic carbocycles. The molecule has 1 amide bonds. The van der Waals surface area contributed by atoms with E-state index in [1.165, 1.54) is 6.07 Å². The van der Waals surface area contributed by atoms with Crippen LogP contribution in [-0.4, -0.2) is 45.2 Å². The Morgan fingerprint density at radius 1 is 1.35 bits per heavy atom. The number of aryl methyl sites for hydroxylation is 3. The minimum Gasteiger partial charge on any atom is -0.368 e. The molecule has 1 fully saturated rings. The van der Waals surface area contributed by atoms with Gasteiger partial charge in [-0.25, -0.2) is 9.37 Å². The van der Waals surface area contributed by atoms with Gasteiger partial charge in [0.25, 0.3) is 5.89 Å². The Morgan fingerprint density at radius 3 is 2.94 bits per heavy atom. The van der Waals surface area contributed by atoms with E-state index in [0.29, 0.717) is 36.1 Å². The minimum atomic E-state index is -0.356. The van der Waals surface area contributed by atoms with Gasteiger partial charge in [-0.05, 0) is 51.3 Å². The van der Waals surface area contributed by atoms with Gasteiger partial charge in [-0.3, -0.25) is 4.79 Å². The number of carbonyl (C=O) groups excluding carboxylic acids is 1. The second kappa shape index (κ2) is 9.28. The number of nitrogens with one attached hydrogen (secondary N) is 1. The average molecular weight is 426 g/mol. The highest BCUT2D eigenvalue weighted by Crippen LogP contribution is 2.29. The number of amides is 1. The van der Waals surface area contributed by atoms with Crippen LogP contribution in [-0.2, 0) is 11.3 Å². The number of anilines is 1. The van der Waals surface area contributed by atoms with Crippen LogP contribution < -0.4 is 10.2 Å². The van der Waals surface area contributed by atoms with Crippen molar-refractivity contribution in [3.63, 3.8) is 0 Å². The summed E-state index contributed by atoms with van der Waals surface area (Å²) in [5.74, 6) is 1.29. The molecule has 0 radical (unpaired) electrons. The van der Waals surface area contributed by atoms with Crippen molar-refractivity contribution in [2.24, 2.45) is 5.92 Å². The van der Waals surface area contributed by atoms with E-state index in [0.717, 1.165) is 38.2 Å². The van der Waals surface area contributed by atoms with Crippen molar-refractivity contribution in [3.8, 4) is 11.5 Å². The third-order valence-corrected chi connectivity index (χ3v) is 5.65. The first kappa shape index (κ1) is 21.0. The number of hydrogen-bond acceptors (Lipinski definition) is 6. The van der Waals surface area contributed by atoms with Crippen molar-refractivity contribution >= 4 is 11.6 Å². The number of aromatic nitrogens is 4. The number of carbonyl (C=O) groups is 1. The van der Waals surface area contributed by atoms with Gasteiger partial charge in [0.15, 0.2) is 5.82 Å². The van der Waals surface area contributed by atoms with E-state index in [9.17, 15) is 9.18 Å². The quantitative estimate of drug-likeness (QED) is 0.584. The number of piperidine rings is 1. The van der Waals surface area contributed by atoms with Crippen LogP contribution in [0.2, 0.25) is 0 Å². The lowest BCUT2D eigenvalue weighted by molar-refractivity contribution is -0.125. The van der Waals surface area contributed by atoms with E-state index in [1.54, 1.807) is 25.3 Å². The lowest BCUT2D eigenvalue weighted by Crippen LogP contribution is -2.43. The number of rotatable bonds is 7. The molecule has 1 aromatic carbocycles. The highest BCUT2D eigenvalue weighted by molar-refractivity contribution is 5.79. The smallest absolute Gasteiger partial charge is 0.258 e. The van der Waals surface area contributed by atoms with Gasteiger partial charge < -0.3 is 19.3 Å². The van der Waals surface area contributed by atoms with Crippen LogP contribution in [0, 0.1) is 25.6 Å². The fourth-order valence-electron chi connectivity index (χ4n) is 3.97. The van der Waals surface area contributed by atoms with Gasteiger partial charge in [0.1, 0.15) is 11.6 Å². The molecular formula is C22H27FN6O2. The third kappa shape index (κ3) is 4.92. The molecule has 1 N–H and O–H groups in total. The molecule has 0 bridgehead atoms. The van der Waals surface area contributed by atoms with Gasteiger partial charge in [-0.15, -0.1) is 0 Å². The second-order valence-corrected chi connectivity index (χ2v) is 7.91. The van der Waals surface area contributed by atoms with E-state index in [2.05, 4.69) is 25.0 Å². The molecule has 8 nitrogen and oxygen atoms in total. The second-order valence-electron chi connectivity index (χ2n) is 7.91. The summed E-state index contributed by atoms with van der Waals surface area (Å²) in [6, 6.07) is 4.90. The zero-order valence-corrected chi connectivity index (χ0v) is 17.8. The maximum atomic E-state index is 14.8. The fourth-order valence-corrected chi connectivity index (χ4v) is 3.97. The zero-order valence-electron chi connectivity index (χ0n) is 17.8. The van der Waals surface area contributed by atoms with Crippen LogP contribution in [0.1, 0.15) is 30.9 Å². The summed E-state index contributed by atoms with van der Waals surface area (Å²) in [4.78, 5) is 22.9. The lowest BCUT2D eigenvalue weighted by atomic mass is 9.96. The van der Waals surface area contributed by atoms with Crippen LogP contribution in [0.25, 0.3) is 11.5 Å². The molecule has 1 unspecified atom stereocenters. The van der Waals surface area contributed by atoms with E-state index in [-0.39, 0.29) is 17.6 Å². The zero-order chi connectivity index (χ0) is 21.8. The standard InChI is InChI=1S/C22H27FN6O2/c1-15-26-22(31-27-15)17-6-7-20(19(23)13-17)29-10-3-5-18(14-29)21(30)25-8-4-11-28-12-9-24-16(28)2/h6-7,9,12-13,18H,3-5,8,10-11,14H2,1-2H3,(H,25,30). The first-order chi connectivity index (χ1) is 15.0. The number of hydrogen-bond donors (Lipinski definition) is 1. The van der Waals surface area contributed by atoms with E-state index in [4.69, 9.17) is 4.52 Å². The molecule has 1 atom stereocenters. The molecule has 0 spiro atoms. The topological polar surface area (TPSA) is 89.1 Å². The fraction of sp³-hybridized carbons (Fsp3) is 0.455. The third-order valence-electron chi connectivity index (χ3n) is 5.65. The highest BCUT2D eigenvalue weighted by atomic mass is 19.1. The molecule has 4 rings (SSSR count). The largest absolute Gasteiger partial charge is 0.368 e. The van der Waals surface area contributed by atoms with Crippen LogP contribution in [0.3, 0.4) is 0 Å². The average Bonchev–Trinajstić information content (AvgIpc) is 3.39. The summed E-state index contributed by atoms with van der Waals surface area (Å²) in [5, 5.41) is 6.78. The summed E-state index contributed by atoms with van der Waals surface area (Å²) in [6.45, 7) is 6.33.